The van der Waals surface area contributed by atoms with Crippen LogP contribution in [0.3, 0.4) is 0 Å². The van der Waals surface area contributed by atoms with Crippen LogP contribution in [0.5, 0.6) is 0 Å². The van der Waals surface area contributed by atoms with E-state index < -0.39 is 5.97 Å². The van der Waals surface area contributed by atoms with Crippen molar-refractivity contribution in [2.24, 2.45) is 0 Å². The molecule has 6 heteroatoms. The van der Waals surface area contributed by atoms with Gasteiger partial charge in [-0.3, -0.25) is 4.79 Å². The number of hydrogen-bond acceptors (Lipinski definition) is 3. The first-order valence-electron chi connectivity index (χ1n) is 7.30. The Hall–Kier alpha value is -1.30. The topological polar surface area (TPSA) is 70.1 Å². The highest BCUT2D eigenvalue weighted by Gasteiger charge is 2.25. The maximum atomic E-state index is 12.6. The SMILES string of the molecule is CC1CN(C(=O)N(CCCC(=O)O)C(C)C)CCCO1. The van der Waals surface area contributed by atoms with Crippen LogP contribution in [0.15, 0.2) is 0 Å². The molecule has 0 radical (unpaired) electrons. The first-order chi connectivity index (χ1) is 9.41. The highest BCUT2D eigenvalue weighted by Crippen LogP contribution is 2.12. The Labute approximate surface area is 120 Å². The number of rotatable bonds is 5. The number of nitrogens with zero attached hydrogens (tertiary/aromatic N) is 2. The predicted octanol–water partition coefficient (Wildman–Crippen LogP) is 1.79. The highest BCUT2D eigenvalue weighted by atomic mass is 16.5. The molecular weight excluding hydrogens is 260 g/mol. The Morgan fingerprint density at radius 1 is 1.45 bits per heavy atom. The molecular formula is C14H26N2O4. The molecule has 0 spiro atoms. The molecule has 0 aromatic rings. The number of urea groups is 1. The molecule has 2 amide bonds. The first kappa shape index (κ1) is 16.8. The lowest BCUT2D eigenvalue weighted by molar-refractivity contribution is -0.137. The monoisotopic (exact) mass is 286 g/mol. The molecule has 0 bridgehead atoms. The minimum Gasteiger partial charge on any atom is -0.481 e. The first-order valence-corrected chi connectivity index (χ1v) is 7.30. The van der Waals surface area contributed by atoms with Gasteiger partial charge in [0.25, 0.3) is 0 Å². The van der Waals surface area contributed by atoms with Crippen LogP contribution in [0.1, 0.15) is 40.0 Å². The summed E-state index contributed by atoms with van der Waals surface area (Å²) < 4.78 is 5.55. The van der Waals surface area contributed by atoms with Crippen LogP contribution < -0.4 is 0 Å². The van der Waals surface area contributed by atoms with Gasteiger partial charge in [-0.15, -0.1) is 0 Å². The molecule has 1 heterocycles. The second-order valence-electron chi connectivity index (χ2n) is 5.55. The molecule has 1 atom stereocenters. The van der Waals surface area contributed by atoms with E-state index in [1.807, 2.05) is 25.7 Å². The Morgan fingerprint density at radius 3 is 2.75 bits per heavy atom. The van der Waals surface area contributed by atoms with Gasteiger partial charge in [0.15, 0.2) is 0 Å². The van der Waals surface area contributed by atoms with E-state index in [1.54, 1.807) is 4.90 Å². The third-order valence-electron chi connectivity index (χ3n) is 3.38. The minimum atomic E-state index is -0.821. The molecule has 1 unspecified atom stereocenters. The van der Waals surface area contributed by atoms with Crippen LogP contribution in [0.4, 0.5) is 4.79 Å². The number of ether oxygens (including phenoxy) is 1. The zero-order valence-electron chi connectivity index (χ0n) is 12.7. The van der Waals surface area contributed by atoms with Crippen molar-refractivity contribution >= 4 is 12.0 Å². The fourth-order valence-corrected chi connectivity index (χ4v) is 2.33. The summed E-state index contributed by atoms with van der Waals surface area (Å²) in [7, 11) is 0. The van der Waals surface area contributed by atoms with E-state index in [9.17, 15) is 9.59 Å². The van der Waals surface area contributed by atoms with Crippen LogP contribution in [-0.4, -0.2) is 65.3 Å². The van der Waals surface area contributed by atoms with Gasteiger partial charge in [-0.2, -0.15) is 0 Å². The fraction of sp³-hybridized carbons (Fsp3) is 0.857. The van der Waals surface area contributed by atoms with E-state index >= 15 is 0 Å². The van der Waals surface area contributed by atoms with Gasteiger partial charge in [-0.1, -0.05) is 0 Å². The lowest BCUT2D eigenvalue weighted by Gasteiger charge is -2.33. The van der Waals surface area contributed by atoms with Crippen LogP contribution in [0.25, 0.3) is 0 Å². The summed E-state index contributed by atoms with van der Waals surface area (Å²) in [6.07, 6.45) is 1.47. The molecule has 6 nitrogen and oxygen atoms in total. The van der Waals surface area contributed by atoms with E-state index in [4.69, 9.17) is 9.84 Å². The molecule has 0 aliphatic carbocycles. The second-order valence-corrected chi connectivity index (χ2v) is 5.55. The largest absolute Gasteiger partial charge is 0.481 e. The minimum absolute atomic E-state index is 0.0114. The molecule has 1 aliphatic rings. The third kappa shape index (κ3) is 5.36. The van der Waals surface area contributed by atoms with Crippen LogP contribution >= 0.6 is 0 Å². The van der Waals surface area contributed by atoms with Gasteiger partial charge in [-0.05, 0) is 33.6 Å². The maximum absolute atomic E-state index is 12.6. The summed E-state index contributed by atoms with van der Waals surface area (Å²) in [6, 6.07) is 0.0542. The normalized spacial score (nSPS) is 19.8. The van der Waals surface area contributed by atoms with Gasteiger partial charge in [-0.25, -0.2) is 4.79 Å². The Balaban J connectivity index is 2.59. The lowest BCUT2D eigenvalue weighted by Crippen LogP contribution is -2.48. The number of carbonyl (C=O) groups excluding carboxylic acids is 1. The van der Waals surface area contributed by atoms with Crippen LogP contribution in [0.2, 0.25) is 0 Å². The van der Waals surface area contributed by atoms with Gasteiger partial charge >= 0.3 is 12.0 Å². The average Bonchev–Trinajstić information content (AvgIpc) is 2.58. The third-order valence-corrected chi connectivity index (χ3v) is 3.38. The molecule has 0 saturated carbocycles. The molecule has 0 aromatic carbocycles. The maximum Gasteiger partial charge on any atom is 0.320 e. The number of amides is 2. The van der Waals surface area contributed by atoms with Gasteiger partial charge < -0.3 is 19.6 Å². The van der Waals surface area contributed by atoms with Gasteiger partial charge in [0.05, 0.1) is 6.10 Å². The summed E-state index contributed by atoms with van der Waals surface area (Å²) in [5.74, 6) is -0.821. The summed E-state index contributed by atoms with van der Waals surface area (Å²) in [4.78, 5) is 26.7. The van der Waals surface area contributed by atoms with Gasteiger partial charge in [0.1, 0.15) is 0 Å². The molecule has 1 saturated heterocycles. The van der Waals surface area contributed by atoms with Crippen LogP contribution in [0, 0.1) is 0 Å². The van der Waals surface area contributed by atoms with E-state index in [0.29, 0.717) is 32.7 Å². The van der Waals surface area contributed by atoms with Crippen molar-refractivity contribution in [3.8, 4) is 0 Å². The lowest BCUT2D eigenvalue weighted by atomic mass is 10.2. The molecule has 1 rings (SSSR count). The number of carbonyl (C=O) groups is 2. The van der Waals surface area contributed by atoms with E-state index in [-0.39, 0.29) is 24.6 Å². The summed E-state index contributed by atoms with van der Waals surface area (Å²) in [5.41, 5.74) is 0. The summed E-state index contributed by atoms with van der Waals surface area (Å²) in [6.45, 7) is 8.34. The van der Waals surface area contributed by atoms with Crippen LogP contribution in [-0.2, 0) is 9.53 Å². The summed E-state index contributed by atoms with van der Waals surface area (Å²) in [5, 5.41) is 8.69. The summed E-state index contributed by atoms with van der Waals surface area (Å²) >= 11 is 0. The van der Waals surface area contributed by atoms with Crippen molar-refractivity contribution in [2.45, 2.75) is 52.2 Å². The zero-order valence-corrected chi connectivity index (χ0v) is 12.7. The number of aliphatic carboxylic acids is 1. The van der Waals surface area contributed by atoms with E-state index in [1.165, 1.54) is 0 Å². The van der Waals surface area contributed by atoms with Gasteiger partial charge in [0.2, 0.25) is 0 Å². The van der Waals surface area contributed by atoms with Crippen molar-refractivity contribution in [3.63, 3.8) is 0 Å². The second kappa shape index (κ2) is 8.09. The average molecular weight is 286 g/mol. The Bertz CT molecular complexity index is 333. The number of hydrogen-bond donors (Lipinski definition) is 1. The predicted molar refractivity (Wildman–Crippen MR) is 75.7 cm³/mol. The van der Waals surface area contributed by atoms with Crippen molar-refractivity contribution in [3.05, 3.63) is 0 Å². The molecule has 1 aliphatic heterocycles. The Morgan fingerprint density at radius 2 is 2.15 bits per heavy atom. The quantitative estimate of drug-likeness (QED) is 0.836. The zero-order chi connectivity index (χ0) is 15.1. The van der Waals surface area contributed by atoms with Crippen molar-refractivity contribution < 1.29 is 19.4 Å². The standard InChI is InChI=1S/C14H26N2O4/c1-11(2)16(8-4-6-13(17)18)14(19)15-7-5-9-20-12(3)10-15/h11-12H,4-10H2,1-3H3,(H,17,18). The molecule has 1 N–H and O–H groups in total. The van der Waals surface area contributed by atoms with Crippen molar-refractivity contribution in [1.82, 2.24) is 9.80 Å². The molecule has 0 aromatic heterocycles. The molecule has 116 valence electrons. The van der Waals surface area contributed by atoms with Gasteiger partial charge in [0, 0.05) is 38.7 Å². The molecule has 1 fully saturated rings. The number of carboxylic acids is 1. The van der Waals surface area contributed by atoms with E-state index in [0.717, 1.165) is 6.42 Å². The fourth-order valence-electron chi connectivity index (χ4n) is 2.33. The molecule has 20 heavy (non-hydrogen) atoms. The Kier molecular flexibility index (Phi) is 6.78. The van der Waals surface area contributed by atoms with E-state index in [2.05, 4.69) is 0 Å². The number of carboxylic acid groups (broad SMARTS) is 1. The van der Waals surface area contributed by atoms with Crippen molar-refractivity contribution in [2.75, 3.05) is 26.2 Å². The van der Waals surface area contributed by atoms with Crippen molar-refractivity contribution in [1.29, 1.82) is 0 Å². The smallest absolute Gasteiger partial charge is 0.320 e. The highest BCUT2D eigenvalue weighted by molar-refractivity contribution is 5.75.